The molecule has 0 radical (unpaired) electrons. The first-order chi connectivity index (χ1) is 12.6. The quantitative estimate of drug-likeness (QED) is 0.829. The van der Waals surface area contributed by atoms with Crippen LogP contribution in [-0.2, 0) is 4.79 Å². The number of rotatable bonds is 2. The summed E-state index contributed by atoms with van der Waals surface area (Å²) in [6, 6.07) is 7.54. The summed E-state index contributed by atoms with van der Waals surface area (Å²) in [5.74, 6) is -0.507. The fourth-order valence-electron chi connectivity index (χ4n) is 4.11. The highest BCUT2D eigenvalue weighted by atomic mass is 19.1. The fraction of sp³-hybridized carbons (Fsp3) is 0.421. The summed E-state index contributed by atoms with van der Waals surface area (Å²) < 4.78 is 18.0. The van der Waals surface area contributed by atoms with Gasteiger partial charge in [0.25, 0.3) is 5.91 Å². The number of piperidine rings is 2. The molecule has 136 valence electrons. The number of carbonyl (C=O) groups excluding carboxylic acids is 2. The van der Waals surface area contributed by atoms with Gasteiger partial charge in [-0.05, 0) is 49.9 Å². The number of carbonyl (C=O) groups is 2. The number of nitrogens with zero attached hydrogens (tertiary/aromatic N) is 3. The summed E-state index contributed by atoms with van der Waals surface area (Å²) in [4.78, 5) is 29.4. The second kappa shape index (κ2) is 6.55. The molecule has 2 aliphatic rings. The molecule has 3 heterocycles. The summed E-state index contributed by atoms with van der Waals surface area (Å²) in [6.45, 7) is 1.61. The number of hydrogen-bond acceptors (Lipinski definition) is 4. The smallest absolute Gasteiger partial charge is 0.276 e. The zero-order valence-corrected chi connectivity index (χ0v) is 14.4. The van der Waals surface area contributed by atoms with E-state index in [4.69, 9.17) is 4.52 Å². The molecule has 6 nitrogen and oxygen atoms in total. The minimum atomic E-state index is -0.579. The first-order valence-electron chi connectivity index (χ1n) is 8.86. The molecule has 2 aromatic rings. The van der Waals surface area contributed by atoms with E-state index in [1.807, 2.05) is 0 Å². The van der Waals surface area contributed by atoms with Gasteiger partial charge in [-0.2, -0.15) is 0 Å². The molecule has 2 saturated heterocycles. The molecule has 2 amide bonds. The third-order valence-electron chi connectivity index (χ3n) is 5.40. The summed E-state index contributed by atoms with van der Waals surface area (Å²) in [7, 11) is 0. The molecule has 2 fully saturated rings. The van der Waals surface area contributed by atoms with Gasteiger partial charge in [-0.1, -0.05) is 5.16 Å². The minimum absolute atomic E-state index is 0.0213. The zero-order chi connectivity index (χ0) is 18.1. The fourth-order valence-corrected chi connectivity index (χ4v) is 4.11. The molecule has 4 rings (SSSR count). The molecule has 1 aromatic carbocycles. The van der Waals surface area contributed by atoms with Crippen molar-refractivity contribution in [3.05, 3.63) is 48.1 Å². The number of hydrogen-bond donors (Lipinski definition) is 0. The van der Waals surface area contributed by atoms with Crippen molar-refractivity contribution < 1.29 is 18.5 Å². The highest BCUT2D eigenvalue weighted by Gasteiger charge is 2.47. The van der Waals surface area contributed by atoms with E-state index in [0.29, 0.717) is 25.3 Å². The van der Waals surface area contributed by atoms with Crippen LogP contribution in [0.1, 0.15) is 36.2 Å². The first kappa shape index (κ1) is 16.8. The van der Waals surface area contributed by atoms with Gasteiger partial charge in [-0.15, -0.1) is 0 Å². The molecule has 1 unspecified atom stereocenters. The van der Waals surface area contributed by atoms with E-state index in [2.05, 4.69) is 5.16 Å². The number of amides is 2. The van der Waals surface area contributed by atoms with Crippen LogP contribution in [0.15, 0.2) is 41.1 Å². The Hall–Kier alpha value is -2.70. The van der Waals surface area contributed by atoms with Crippen molar-refractivity contribution in [2.24, 2.45) is 5.41 Å². The van der Waals surface area contributed by atoms with Crippen LogP contribution < -0.4 is 4.90 Å². The van der Waals surface area contributed by atoms with E-state index < -0.39 is 5.41 Å². The molecule has 1 atom stereocenters. The van der Waals surface area contributed by atoms with Gasteiger partial charge < -0.3 is 14.3 Å². The highest BCUT2D eigenvalue weighted by molar-refractivity contribution is 5.99. The Bertz CT molecular complexity index is 802. The van der Waals surface area contributed by atoms with Crippen molar-refractivity contribution in [3.63, 3.8) is 0 Å². The second-order valence-corrected chi connectivity index (χ2v) is 7.03. The maximum absolute atomic E-state index is 13.3. The van der Waals surface area contributed by atoms with E-state index in [0.717, 1.165) is 25.7 Å². The summed E-state index contributed by atoms with van der Waals surface area (Å²) in [6.07, 6.45) is 4.51. The monoisotopic (exact) mass is 357 g/mol. The Morgan fingerprint density at radius 3 is 2.54 bits per heavy atom. The Morgan fingerprint density at radius 2 is 1.85 bits per heavy atom. The van der Waals surface area contributed by atoms with Gasteiger partial charge in [0.2, 0.25) is 5.91 Å². The summed E-state index contributed by atoms with van der Waals surface area (Å²) in [5.41, 5.74) is 0.390. The Balaban J connectivity index is 1.57. The topological polar surface area (TPSA) is 66.7 Å². The molecule has 0 bridgehead atoms. The van der Waals surface area contributed by atoms with Crippen molar-refractivity contribution in [3.8, 4) is 0 Å². The van der Waals surface area contributed by atoms with Crippen LogP contribution in [0.5, 0.6) is 0 Å². The highest BCUT2D eigenvalue weighted by Crippen LogP contribution is 2.41. The van der Waals surface area contributed by atoms with Gasteiger partial charge in [0.05, 0.1) is 5.41 Å². The van der Waals surface area contributed by atoms with E-state index >= 15 is 0 Å². The van der Waals surface area contributed by atoms with Gasteiger partial charge in [0, 0.05) is 31.4 Å². The Kier molecular flexibility index (Phi) is 4.22. The van der Waals surface area contributed by atoms with Gasteiger partial charge >= 0.3 is 0 Å². The van der Waals surface area contributed by atoms with Crippen LogP contribution in [0.4, 0.5) is 10.1 Å². The van der Waals surface area contributed by atoms with Gasteiger partial charge in [-0.3, -0.25) is 9.59 Å². The molecule has 26 heavy (non-hydrogen) atoms. The average molecular weight is 357 g/mol. The lowest BCUT2D eigenvalue weighted by Crippen LogP contribution is -2.57. The number of benzene rings is 1. The van der Waals surface area contributed by atoms with Crippen molar-refractivity contribution in [2.75, 3.05) is 24.5 Å². The maximum Gasteiger partial charge on any atom is 0.276 e. The molecule has 0 N–H and O–H groups in total. The van der Waals surface area contributed by atoms with Crippen LogP contribution in [0, 0.1) is 11.2 Å². The first-order valence-corrected chi connectivity index (χ1v) is 8.86. The molecule has 1 aromatic heterocycles. The predicted molar refractivity (Wildman–Crippen MR) is 92.1 cm³/mol. The van der Waals surface area contributed by atoms with Crippen molar-refractivity contribution in [1.29, 1.82) is 0 Å². The second-order valence-electron chi connectivity index (χ2n) is 7.03. The number of aromatic nitrogens is 1. The molecular weight excluding hydrogens is 337 g/mol. The molecular formula is C19H20FN3O3. The van der Waals surface area contributed by atoms with Crippen molar-refractivity contribution >= 4 is 17.5 Å². The standard InChI is InChI=1S/C19H20FN3O3/c20-14-3-5-15(6-4-14)23-11-2-9-19(18(23)25)8-1-10-22(13-19)17(24)16-7-12-26-21-16/h3-7,12H,1-2,8-11,13H2. The summed E-state index contributed by atoms with van der Waals surface area (Å²) in [5, 5.41) is 3.72. The summed E-state index contributed by atoms with van der Waals surface area (Å²) >= 11 is 0. The van der Waals surface area contributed by atoms with Gasteiger partial charge in [0.15, 0.2) is 5.69 Å². The van der Waals surface area contributed by atoms with Crippen LogP contribution in [0.2, 0.25) is 0 Å². The lowest BCUT2D eigenvalue weighted by atomic mass is 9.72. The molecule has 0 saturated carbocycles. The number of anilines is 1. The van der Waals surface area contributed by atoms with Crippen molar-refractivity contribution in [2.45, 2.75) is 25.7 Å². The van der Waals surface area contributed by atoms with Crippen molar-refractivity contribution in [1.82, 2.24) is 10.1 Å². The van der Waals surface area contributed by atoms with E-state index in [-0.39, 0.29) is 23.3 Å². The largest absolute Gasteiger partial charge is 0.364 e. The minimum Gasteiger partial charge on any atom is -0.364 e. The van der Waals surface area contributed by atoms with Crippen LogP contribution in [-0.4, -0.2) is 41.5 Å². The Morgan fingerprint density at radius 1 is 1.12 bits per heavy atom. The maximum atomic E-state index is 13.3. The van der Waals surface area contributed by atoms with Gasteiger partial charge in [-0.25, -0.2) is 4.39 Å². The molecule has 1 spiro atoms. The normalized spacial score (nSPS) is 23.5. The van der Waals surface area contributed by atoms with Gasteiger partial charge in [0.1, 0.15) is 12.1 Å². The molecule has 0 aliphatic carbocycles. The lowest BCUT2D eigenvalue weighted by molar-refractivity contribution is -0.133. The van der Waals surface area contributed by atoms with Crippen LogP contribution in [0.3, 0.4) is 0 Å². The predicted octanol–water partition coefficient (Wildman–Crippen LogP) is 2.86. The molecule has 2 aliphatic heterocycles. The van der Waals surface area contributed by atoms with Crippen LogP contribution >= 0.6 is 0 Å². The zero-order valence-electron chi connectivity index (χ0n) is 14.4. The lowest BCUT2D eigenvalue weighted by Gasteiger charge is -2.47. The number of halogens is 1. The molecule has 7 heteroatoms. The van der Waals surface area contributed by atoms with E-state index in [1.54, 1.807) is 21.9 Å². The SMILES string of the molecule is O=C(c1ccon1)N1CCCC2(CCCN(c3ccc(F)cc3)C2=O)C1. The van der Waals surface area contributed by atoms with E-state index in [9.17, 15) is 14.0 Å². The van der Waals surface area contributed by atoms with E-state index in [1.165, 1.54) is 24.5 Å². The van der Waals surface area contributed by atoms with Crippen LogP contribution in [0.25, 0.3) is 0 Å². The Labute approximate surface area is 150 Å². The third kappa shape index (κ3) is 2.87. The average Bonchev–Trinajstić information content (AvgIpc) is 3.19. The number of likely N-dealkylation sites (tertiary alicyclic amines) is 1. The third-order valence-corrected chi connectivity index (χ3v) is 5.40.